The monoisotopic (exact) mass is 562 g/mol. The summed E-state index contributed by atoms with van der Waals surface area (Å²) in [5.74, 6) is -2.11. The van der Waals surface area contributed by atoms with Crippen molar-refractivity contribution in [1.29, 1.82) is 0 Å². The molecule has 39 heavy (non-hydrogen) atoms. The van der Waals surface area contributed by atoms with E-state index in [1.807, 2.05) is 78.2 Å². The molecule has 1 N–H and O–H groups in total. The van der Waals surface area contributed by atoms with Crippen LogP contribution >= 0.6 is 23.1 Å². The van der Waals surface area contributed by atoms with Gasteiger partial charge in [-0.25, -0.2) is 9.59 Å². The summed E-state index contributed by atoms with van der Waals surface area (Å²) in [6.45, 7) is 1.79. The van der Waals surface area contributed by atoms with Crippen LogP contribution in [0.1, 0.15) is 29.0 Å². The molecule has 10 heteroatoms. The molecule has 2 amide bonds. The SMILES string of the molecule is CCOC(=O)C1=C(C(=O)OC(c2ccccc2)c2ccccc2)N2C(=O)C(NC(=O)Cc3cccs3)[C@@H]2SC1. The lowest BCUT2D eigenvalue weighted by Crippen LogP contribution is -2.71. The summed E-state index contributed by atoms with van der Waals surface area (Å²) in [6, 6.07) is 21.4. The lowest BCUT2D eigenvalue weighted by molar-refractivity contribution is -0.155. The van der Waals surface area contributed by atoms with Gasteiger partial charge >= 0.3 is 11.9 Å². The van der Waals surface area contributed by atoms with Crippen molar-refractivity contribution in [3.8, 4) is 0 Å². The molecule has 0 aliphatic carbocycles. The van der Waals surface area contributed by atoms with Gasteiger partial charge in [-0.15, -0.1) is 23.1 Å². The van der Waals surface area contributed by atoms with Crippen molar-refractivity contribution in [3.63, 3.8) is 0 Å². The van der Waals surface area contributed by atoms with E-state index in [9.17, 15) is 19.2 Å². The Bertz CT molecular complexity index is 1350. The summed E-state index contributed by atoms with van der Waals surface area (Å²) >= 11 is 2.76. The van der Waals surface area contributed by atoms with Gasteiger partial charge in [-0.2, -0.15) is 0 Å². The van der Waals surface area contributed by atoms with E-state index in [0.717, 1.165) is 16.0 Å². The first-order chi connectivity index (χ1) is 19.0. The van der Waals surface area contributed by atoms with Crippen LogP contribution < -0.4 is 5.32 Å². The highest BCUT2D eigenvalue weighted by Crippen LogP contribution is 2.42. The van der Waals surface area contributed by atoms with Crippen LogP contribution in [0.15, 0.2) is 89.4 Å². The number of nitrogens with one attached hydrogen (secondary N) is 1. The first-order valence-corrected chi connectivity index (χ1v) is 14.4. The molecule has 2 aliphatic heterocycles. The molecule has 0 bridgehead atoms. The quantitative estimate of drug-likeness (QED) is 0.312. The number of rotatable bonds is 9. The first-order valence-electron chi connectivity index (χ1n) is 12.5. The summed E-state index contributed by atoms with van der Waals surface area (Å²) in [4.78, 5) is 54.7. The van der Waals surface area contributed by atoms with Crippen molar-refractivity contribution in [1.82, 2.24) is 10.2 Å². The number of fused-ring (bicyclic) bond motifs is 1. The van der Waals surface area contributed by atoms with Gasteiger partial charge in [-0.1, -0.05) is 66.7 Å². The van der Waals surface area contributed by atoms with Gasteiger partial charge in [-0.3, -0.25) is 14.5 Å². The van der Waals surface area contributed by atoms with Crippen molar-refractivity contribution in [3.05, 3.63) is 105 Å². The number of nitrogens with zero attached hydrogens (tertiary/aromatic N) is 1. The molecule has 0 saturated carbocycles. The minimum Gasteiger partial charge on any atom is -0.463 e. The van der Waals surface area contributed by atoms with Gasteiger partial charge in [-0.05, 0) is 29.5 Å². The molecule has 2 atom stereocenters. The zero-order valence-electron chi connectivity index (χ0n) is 21.1. The number of thiophene rings is 1. The molecule has 5 rings (SSSR count). The maximum Gasteiger partial charge on any atom is 0.356 e. The molecule has 8 nitrogen and oxygen atoms in total. The molecule has 1 aromatic heterocycles. The predicted octanol–water partition coefficient (Wildman–Crippen LogP) is 3.84. The van der Waals surface area contributed by atoms with Crippen LogP contribution in [0.5, 0.6) is 0 Å². The summed E-state index contributed by atoms with van der Waals surface area (Å²) in [5, 5.41) is 4.13. The third-order valence-corrected chi connectivity index (χ3v) is 8.50. The van der Waals surface area contributed by atoms with E-state index in [-0.39, 0.29) is 36.0 Å². The number of esters is 2. The molecule has 200 valence electrons. The molecule has 1 unspecified atom stereocenters. The van der Waals surface area contributed by atoms with Crippen LogP contribution in [0, 0.1) is 0 Å². The van der Waals surface area contributed by atoms with E-state index in [2.05, 4.69) is 5.32 Å². The minimum atomic E-state index is -0.812. The van der Waals surface area contributed by atoms with Crippen molar-refractivity contribution in [2.75, 3.05) is 12.4 Å². The number of β-lactam (4-membered cyclic amide) rings is 1. The van der Waals surface area contributed by atoms with Crippen molar-refractivity contribution >= 4 is 46.9 Å². The number of carbonyl (C=O) groups excluding carboxylic acids is 4. The van der Waals surface area contributed by atoms with Gasteiger partial charge < -0.3 is 14.8 Å². The third-order valence-electron chi connectivity index (χ3n) is 6.34. The van der Waals surface area contributed by atoms with E-state index in [1.54, 1.807) is 6.92 Å². The zero-order valence-corrected chi connectivity index (χ0v) is 22.7. The Kier molecular flexibility index (Phi) is 8.13. The van der Waals surface area contributed by atoms with E-state index in [0.29, 0.717) is 0 Å². The van der Waals surface area contributed by atoms with E-state index in [1.165, 1.54) is 28.0 Å². The normalized spacial score (nSPS) is 18.3. The second kappa shape index (κ2) is 11.9. The highest BCUT2D eigenvalue weighted by molar-refractivity contribution is 8.00. The number of amides is 2. The molecule has 1 saturated heterocycles. The number of hydrogen-bond acceptors (Lipinski definition) is 8. The molecule has 2 aromatic carbocycles. The van der Waals surface area contributed by atoms with Crippen LogP contribution in [0.4, 0.5) is 0 Å². The van der Waals surface area contributed by atoms with E-state index < -0.39 is 35.4 Å². The topological polar surface area (TPSA) is 102 Å². The van der Waals surface area contributed by atoms with Crippen LogP contribution in [0.3, 0.4) is 0 Å². The second-order valence-electron chi connectivity index (χ2n) is 8.87. The summed E-state index contributed by atoms with van der Waals surface area (Å²) in [5.41, 5.74) is 1.42. The number of thioether (sulfide) groups is 1. The Morgan fingerprint density at radius 1 is 0.974 bits per heavy atom. The van der Waals surface area contributed by atoms with Gasteiger partial charge in [0.15, 0.2) is 6.10 Å². The maximum atomic E-state index is 13.8. The Morgan fingerprint density at radius 2 is 1.64 bits per heavy atom. The Balaban J connectivity index is 1.42. The molecule has 1 fully saturated rings. The fourth-order valence-electron chi connectivity index (χ4n) is 4.53. The highest BCUT2D eigenvalue weighted by Gasteiger charge is 2.55. The number of carbonyl (C=O) groups is 4. The summed E-state index contributed by atoms with van der Waals surface area (Å²) in [7, 11) is 0. The predicted molar refractivity (Wildman–Crippen MR) is 148 cm³/mol. The van der Waals surface area contributed by atoms with Gasteiger partial charge in [0.25, 0.3) is 5.91 Å². The Labute approximate surface area is 234 Å². The Morgan fingerprint density at radius 3 is 2.23 bits per heavy atom. The standard InChI is InChI=1S/C29H26N2O6S2/c1-2-36-28(34)21-17-39-27-23(30-22(32)16-20-14-9-15-38-20)26(33)31(27)24(21)29(35)37-25(18-10-5-3-6-11-18)19-12-7-4-8-13-19/h3-15,23,25,27H,2,16-17H2,1H3,(H,30,32)/t23?,27-/m0/s1. The van der Waals surface area contributed by atoms with E-state index in [4.69, 9.17) is 9.47 Å². The largest absolute Gasteiger partial charge is 0.463 e. The third kappa shape index (κ3) is 5.62. The fourth-order valence-corrected chi connectivity index (χ4v) is 6.56. The number of benzene rings is 2. The molecule has 0 spiro atoms. The van der Waals surface area contributed by atoms with E-state index >= 15 is 0 Å². The van der Waals surface area contributed by atoms with Crippen LogP contribution in [0.2, 0.25) is 0 Å². The van der Waals surface area contributed by atoms with Crippen molar-refractivity contribution < 1.29 is 28.7 Å². The zero-order chi connectivity index (χ0) is 27.4. The average Bonchev–Trinajstić information content (AvgIpc) is 3.47. The number of hydrogen-bond donors (Lipinski definition) is 1. The summed E-state index contributed by atoms with van der Waals surface area (Å²) in [6.07, 6.45) is -0.602. The average molecular weight is 563 g/mol. The molecular weight excluding hydrogens is 536 g/mol. The van der Waals surface area contributed by atoms with Gasteiger partial charge in [0, 0.05) is 10.6 Å². The Hall–Kier alpha value is -3.89. The minimum absolute atomic E-state index is 0.0692. The smallest absolute Gasteiger partial charge is 0.356 e. The lowest BCUT2D eigenvalue weighted by atomic mass is 10.0. The maximum absolute atomic E-state index is 13.8. The van der Waals surface area contributed by atoms with Crippen molar-refractivity contribution in [2.45, 2.75) is 30.9 Å². The van der Waals surface area contributed by atoms with Crippen LogP contribution in [-0.4, -0.2) is 52.4 Å². The second-order valence-corrected chi connectivity index (χ2v) is 11.0. The number of ether oxygens (including phenoxy) is 2. The molecule has 2 aliphatic rings. The molecule has 0 radical (unpaired) electrons. The van der Waals surface area contributed by atoms with Gasteiger partial charge in [0.2, 0.25) is 5.91 Å². The molecule has 3 aromatic rings. The van der Waals surface area contributed by atoms with Gasteiger partial charge in [0.1, 0.15) is 17.1 Å². The van der Waals surface area contributed by atoms with Crippen LogP contribution in [-0.2, 0) is 35.1 Å². The van der Waals surface area contributed by atoms with Crippen LogP contribution in [0.25, 0.3) is 0 Å². The highest BCUT2D eigenvalue weighted by atomic mass is 32.2. The first kappa shape index (κ1) is 26.7. The molecular formula is C29H26N2O6S2. The van der Waals surface area contributed by atoms with Gasteiger partial charge in [0.05, 0.1) is 18.6 Å². The molecule has 3 heterocycles. The summed E-state index contributed by atoms with van der Waals surface area (Å²) < 4.78 is 11.2. The fraction of sp³-hybridized carbons (Fsp3) is 0.241. The lowest BCUT2D eigenvalue weighted by Gasteiger charge is -2.49. The van der Waals surface area contributed by atoms with Crippen molar-refractivity contribution in [2.24, 2.45) is 0 Å².